The molecule has 4 nitrogen and oxygen atoms in total. The number of hydrogen-bond donors (Lipinski definition) is 2. The number of aromatic hydroxyl groups is 1. The molecule has 0 aliphatic heterocycles. The lowest BCUT2D eigenvalue weighted by Gasteiger charge is -2.40. The third-order valence-electron chi connectivity index (χ3n) is 3.21. The van der Waals surface area contributed by atoms with Gasteiger partial charge in [0.15, 0.2) is 0 Å². The molecule has 1 aromatic carbocycles. The second-order valence-corrected chi connectivity index (χ2v) is 5.71. The van der Waals surface area contributed by atoms with Gasteiger partial charge in [0.05, 0.1) is 6.54 Å². The summed E-state index contributed by atoms with van der Waals surface area (Å²) in [7, 11) is 0. The van der Waals surface area contributed by atoms with Crippen LogP contribution in [-0.4, -0.2) is 33.2 Å². The SMILES string of the molecule is CCC(c1ccc(O)cc1)N(CC(=O)O)C(C)(C)C. The molecule has 0 amide bonds. The first-order valence-corrected chi connectivity index (χ1v) is 6.53. The molecule has 0 bridgehead atoms. The molecular weight excluding hydrogens is 242 g/mol. The zero-order valence-electron chi connectivity index (χ0n) is 12.1. The van der Waals surface area contributed by atoms with Crippen molar-refractivity contribution in [2.45, 2.75) is 45.7 Å². The molecule has 106 valence electrons. The van der Waals surface area contributed by atoms with Crippen LogP contribution in [0, 0.1) is 0 Å². The lowest BCUT2D eigenvalue weighted by atomic mass is 9.96. The zero-order chi connectivity index (χ0) is 14.6. The van der Waals surface area contributed by atoms with Crippen molar-refractivity contribution in [3.05, 3.63) is 29.8 Å². The molecule has 0 spiro atoms. The minimum Gasteiger partial charge on any atom is -0.508 e. The fourth-order valence-electron chi connectivity index (χ4n) is 2.29. The predicted molar refractivity (Wildman–Crippen MR) is 75.2 cm³/mol. The van der Waals surface area contributed by atoms with E-state index in [-0.39, 0.29) is 23.9 Å². The summed E-state index contributed by atoms with van der Waals surface area (Å²) in [6.07, 6.45) is 0.815. The first-order valence-electron chi connectivity index (χ1n) is 6.53. The van der Waals surface area contributed by atoms with Crippen molar-refractivity contribution >= 4 is 5.97 Å². The maximum atomic E-state index is 11.1. The summed E-state index contributed by atoms with van der Waals surface area (Å²) in [5.41, 5.74) is 0.785. The highest BCUT2D eigenvalue weighted by molar-refractivity contribution is 5.69. The van der Waals surface area contributed by atoms with Crippen molar-refractivity contribution < 1.29 is 15.0 Å². The molecule has 0 saturated heterocycles. The molecule has 1 aromatic rings. The predicted octanol–water partition coefficient (Wildman–Crippen LogP) is 3.03. The Bertz CT molecular complexity index is 420. The average molecular weight is 265 g/mol. The van der Waals surface area contributed by atoms with E-state index in [1.807, 2.05) is 44.7 Å². The minimum absolute atomic E-state index is 0.00286. The number of carboxylic acids is 1. The molecule has 2 N–H and O–H groups in total. The topological polar surface area (TPSA) is 60.8 Å². The molecule has 19 heavy (non-hydrogen) atoms. The van der Waals surface area contributed by atoms with Crippen LogP contribution in [-0.2, 0) is 4.79 Å². The van der Waals surface area contributed by atoms with Crippen molar-refractivity contribution in [3.8, 4) is 5.75 Å². The van der Waals surface area contributed by atoms with Gasteiger partial charge in [-0.15, -0.1) is 0 Å². The summed E-state index contributed by atoms with van der Waals surface area (Å²) in [4.78, 5) is 13.1. The monoisotopic (exact) mass is 265 g/mol. The molecule has 0 heterocycles. The molecule has 0 saturated carbocycles. The highest BCUT2D eigenvalue weighted by Crippen LogP contribution is 2.31. The van der Waals surface area contributed by atoms with E-state index in [4.69, 9.17) is 5.11 Å². The van der Waals surface area contributed by atoms with Crippen molar-refractivity contribution in [3.63, 3.8) is 0 Å². The van der Waals surface area contributed by atoms with Crippen molar-refractivity contribution in [2.75, 3.05) is 6.54 Å². The average Bonchev–Trinajstić information content (AvgIpc) is 2.29. The van der Waals surface area contributed by atoms with E-state index in [1.54, 1.807) is 12.1 Å². The lowest BCUT2D eigenvalue weighted by molar-refractivity contribution is -0.140. The Morgan fingerprint density at radius 3 is 2.16 bits per heavy atom. The molecule has 0 radical (unpaired) electrons. The minimum atomic E-state index is -0.827. The van der Waals surface area contributed by atoms with Crippen LogP contribution in [0.15, 0.2) is 24.3 Å². The number of hydrogen-bond acceptors (Lipinski definition) is 3. The number of benzene rings is 1. The first-order chi connectivity index (χ1) is 8.75. The zero-order valence-corrected chi connectivity index (χ0v) is 12.1. The van der Waals surface area contributed by atoms with Crippen molar-refractivity contribution in [2.24, 2.45) is 0 Å². The van der Waals surface area contributed by atoms with Gasteiger partial charge < -0.3 is 10.2 Å². The van der Waals surface area contributed by atoms with Gasteiger partial charge in [0.2, 0.25) is 0 Å². The number of carboxylic acid groups (broad SMARTS) is 1. The maximum Gasteiger partial charge on any atom is 0.317 e. The Labute approximate surface area is 114 Å². The summed E-state index contributed by atoms with van der Waals surface area (Å²) in [5, 5.41) is 18.4. The highest BCUT2D eigenvalue weighted by atomic mass is 16.4. The number of aliphatic carboxylic acids is 1. The van der Waals surface area contributed by atoms with Gasteiger partial charge in [0.25, 0.3) is 0 Å². The van der Waals surface area contributed by atoms with E-state index >= 15 is 0 Å². The molecule has 4 heteroatoms. The highest BCUT2D eigenvalue weighted by Gasteiger charge is 2.30. The van der Waals surface area contributed by atoms with Crippen LogP contribution in [0.2, 0.25) is 0 Å². The summed E-state index contributed by atoms with van der Waals surface area (Å²) in [5.74, 6) is -0.605. The van der Waals surface area contributed by atoms with Gasteiger partial charge >= 0.3 is 5.97 Å². The van der Waals surface area contributed by atoms with E-state index in [9.17, 15) is 9.90 Å². The van der Waals surface area contributed by atoms with Crippen LogP contribution in [0.1, 0.15) is 45.7 Å². The normalized spacial score (nSPS) is 13.5. The molecule has 1 unspecified atom stereocenters. The quantitative estimate of drug-likeness (QED) is 0.859. The van der Waals surface area contributed by atoms with Gasteiger partial charge in [0, 0.05) is 11.6 Å². The van der Waals surface area contributed by atoms with Crippen LogP contribution in [0.3, 0.4) is 0 Å². The standard InChI is InChI=1S/C15H23NO3/c1-5-13(11-6-8-12(17)9-7-11)16(10-14(18)19)15(2,3)4/h6-9,13,17H,5,10H2,1-4H3,(H,18,19). The van der Waals surface area contributed by atoms with E-state index in [2.05, 4.69) is 0 Å². The van der Waals surface area contributed by atoms with Gasteiger partial charge in [-0.25, -0.2) is 0 Å². The lowest BCUT2D eigenvalue weighted by Crippen LogP contribution is -2.46. The summed E-state index contributed by atoms with van der Waals surface area (Å²) < 4.78 is 0. The fourth-order valence-corrected chi connectivity index (χ4v) is 2.29. The van der Waals surface area contributed by atoms with Gasteiger partial charge in [-0.05, 0) is 44.9 Å². The fraction of sp³-hybridized carbons (Fsp3) is 0.533. The number of nitrogens with zero attached hydrogens (tertiary/aromatic N) is 1. The third-order valence-corrected chi connectivity index (χ3v) is 3.21. The van der Waals surface area contributed by atoms with Crippen LogP contribution >= 0.6 is 0 Å². The molecule has 0 aliphatic carbocycles. The van der Waals surface area contributed by atoms with E-state index < -0.39 is 5.97 Å². The second kappa shape index (κ2) is 6.06. The first kappa shape index (κ1) is 15.5. The third kappa shape index (κ3) is 4.24. The van der Waals surface area contributed by atoms with Crippen LogP contribution in [0.4, 0.5) is 0 Å². The number of phenolic OH excluding ortho intramolecular Hbond substituents is 1. The van der Waals surface area contributed by atoms with Crippen molar-refractivity contribution in [1.29, 1.82) is 0 Å². The Hall–Kier alpha value is -1.55. The molecule has 0 aliphatic rings. The van der Waals surface area contributed by atoms with Crippen LogP contribution < -0.4 is 0 Å². The van der Waals surface area contributed by atoms with Gasteiger partial charge in [-0.2, -0.15) is 0 Å². The number of phenols is 1. The molecular formula is C15H23NO3. The summed E-state index contributed by atoms with van der Waals surface area (Å²) >= 11 is 0. The van der Waals surface area contributed by atoms with Gasteiger partial charge in [0.1, 0.15) is 5.75 Å². The molecule has 1 rings (SSSR count). The molecule has 0 fully saturated rings. The van der Waals surface area contributed by atoms with Gasteiger partial charge in [-0.1, -0.05) is 19.1 Å². The number of carbonyl (C=O) groups is 1. The largest absolute Gasteiger partial charge is 0.508 e. The molecule has 0 aromatic heterocycles. The van der Waals surface area contributed by atoms with Gasteiger partial charge in [-0.3, -0.25) is 9.69 Å². The smallest absolute Gasteiger partial charge is 0.317 e. The van der Waals surface area contributed by atoms with E-state index in [0.29, 0.717) is 0 Å². The Balaban J connectivity index is 3.09. The van der Waals surface area contributed by atoms with Crippen LogP contribution in [0.5, 0.6) is 5.75 Å². The molecule has 1 atom stereocenters. The van der Waals surface area contributed by atoms with Crippen LogP contribution in [0.25, 0.3) is 0 Å². The second-order valence-electron chi connectivity index (χ2n) is 5.71. The van der Waals surface area contributed by atoms with Crippen molar-refractivity contribution in [1.82, 2.24) is 4.90 Å². The number of rotatable bonds is 5. The maximum absolute atomic E-state index is 11.1. The Morgan fingerprint density at radius 2 is 1.79 bits per heavy atom. The summed E-state index contributed by atoms with van der Waals surface area (Å²) in [6.45, 7) is 8.08. The Morgan fingerprint density at radius 1 is 1.26 bits per heavy atom. The Kier molecular flexibility index (Phi) is 4.95. The van der Waals surface area contributed by atoms with E-state index in [0.717, 1.165) is 12.0 Å². The summed E-state index contributed by atoms with van der Waals surface area (Å²) in [6, 6.07) is 7.00. The van der Waals surface area contributed by atoms with E-state index in [1.165, 1.54) is 0 Å².